The van der Waals surface area contributed by atoms with E-state index in [1.807, 2.05) is 0 Å². The number of carbonyl (C=O) groups is 4. The lowest BCUT2D eigenvalue weighted by Gasteiger charge is -2.04. The van der Waals surface area contributed by atoms with Crippen molar-refractivity contribution < 1.29 is 38.9 Å². The number of nitrogens with one attached hydrogen (secondary N) is 2. The molecule has 0 aromatic rings. The molecule has 0 aromatic heterocycles. The van der Waals surface area contributed by atoms with E-state index in [4.69, 9.17) is 19.7 Å². The molecule has 0 rings (SSSR count). The van der Waals surface area contributed by atoms with Crippen LogP contribution in [-0.2, 0) is 28.7 Å². The third-order valence-corrected chi connectivity index (χ3v) is 2.40. The maximum absolute atomic E-state index is 11.4. The minimum Gasteiger partial charge on any atom is -0.481 e. The molecular formula is C14H22N2O8. The lowest BCUT2D eigenvalue weighted by molar-refractivity contribution is -0.139. The van der Waals surface area contributed by atoms with Gasteiger partial charge in [-0.15, -0.1) is 0 Å². The highest BCUT2D eigenvalue weighted by Gasteiger charge is 2.00. The highest BCUT2D eigenvalue weighted by Crippen LogP contribution is 1.83. The monoisotopic (exact) mass is 346 g/mol. The van der Waals surface area contributed by atoms with Crippen LogP contribution in [0.4, 0.5) is 0 Å². The number of rotatable bonds is 14. The van der Waals surface area contributed by atoms with E-state index in [1.54, 1.807) is 0 Å². The highest BCUT2D eigenvalue weighted by molar-refractivity contribution is 5.96. The Morgan fingerprint density at radius 2 is 1.08 bits per heavy atom. The van der Waals surface area contributed by atoms with Crippen LogP contribution in [0.2, 0.25) is 0 Å². The molecule has 0 aliphatic heterocycles. The van der Waals surface area contributed by atoms with E-state index in [-0.39, 0.29) is 52.4 Å². The van der Waals surface area contributed by atoms with E-state index in [9.17, 15) is 19.2 Å². The molecule has 0 spiro atoms. The Morgan fingerprint density at radius 3 is 1.42 bits per heavy atom. The van der Waals surface area contributed by atoms with Crippen LogP contribution in [0.25, 0.3) is 0 Å². The largest absolute Gasteiger partial charge is 0.481 e. The van der Waals surface area contributed by atoms with Gasteiger partial charge in [0.2, 0.25) is 11.8 Å². The normalized spacial score (nSPS) is 10.5. The average Bonchev–Trinajstić information content (AvgIpc) is 2.51. The molecule has 2 amide bonds. The van der Waals surface area contributed by atoms with Gasteiger partial charge >= 0.3 is 11.9 Å². The van der Waals surface area contributed by atoms with Crippen molar-refractivity contribution in [2.24, 2.45) is 0 Å². The summed E-state index contributed by atoms with van der Waals surface area (Å²) < 4.78 is 9.94. The molecule has 10 heteroatoms. The molecule has 4 N–H and O–H groups in total. The maximum atomic E-state index is 11.4. The Morgan fingerprint density at radius 1 is 0.708 bits per heavy atom. The number of aliphatic carboxylic acids is 2. The van der Waals surface area contributed by atoms with Crippen molar-refractivity contribution in [3.8, 4) is 0 Å². The number of carboxylic acids is 2. The lowest BCUT2D eigenvalue weighted by atomic mass is 10.4. The number of carboxylic acid groups (broad SMARTS) is 2. The molecule has 10 nitrogen and oxygen atoms in total. The van der Waals surface area contributed by atoms with Gasteiger partial charge in [-0.3, -0.25) is 19.2 Å². The van der Waals surface area contributed by atoms with E-state index in [0.717, 1.165) is 12.2 Å². The third kappa shape index (κ3) is 15.9. The molecular weight excluding hydrogens is 324 g/mol. The summed E-state index contributed by atoms with van der Waals surface area (Å²) >= 11 is 0. The molecule has 0 aliphatic rings. The maximum Gasteiger partial charge on any atom is 0.305 e. The molecule has 0 radical (unpaired) electrons. The second-order valence-corrected chi connectivity index (χ2v) is 4.43. The first-order valence-corrected chi connectivity index (χ1v) is 7.24. The Balaban J connectivity index is 3.58. The van der Waals surface area contributed by atoms with Crippen molar-refractivity contribution in [1.82, 2.24) is 10.6 Å². The van der Waals surface area contributed by atoms with Gasteiger partial charge in [-0.25, -0.2) is 0 Å². The number of hydrogen-bond donors (Lipinski definition) is 4. The predicted octanol–water partition coefficient (Wildman–Crippen LogP) is -1.24. The summed E-state index contributed by atoms with van der Waals surface area (Å²) in [7, 11) is 0. The Labute approximate surface area is 138 Å². The molecule has 0 unspecified atom stereocenters. The van der Waals surface area contributed by atoms with Gasteiger partial charge in [-0.1, -0.05) is 0 Å². The molecule has 0 saturated carbocycles. The van der Waals surface area contributed by atoms with Crippen LogP contribution >= 0.6 is 0 Å². The van der Waals surface area contributed by atoms with Crippen LogP contribution in [-0.4, -0.2) is 73.5 Å². The fourth-order valence-corrected chi connectivity index (χ4v) is 1.29. The SMILES string of the molecule is O=C(O)CCOCCNC(=O)/C=C\C(=O)NCCOCCC(=O)O. The lowest BCUT2D eigenvalue weighted by Crippen LogP contribution is -2.28. The number of ether oxygens (including phenoxy) is 2. The van der Waals surface area contributed by atoms with Gasteiger partial charge in [-0.05, 0) is 0 Å². The van der Waals surface area contributed by atoms with Crippen LogP contribution in [0.15, 0.2) is 12.2 Å². The first-order chi connectivity index (χ1) is 11.4. The molecule has 0 atom stereocenters. The molecule has 0 saturated heterocycles. The molecule has 0 aromatic carbocycles. The fourth-order valence-electron chi connectivity index (χ4n) is 1.29. The summed E-state index contributed by atoms with van der Waals surface area (Å²) in [6.45, 7) is 0.874. The van der Waals surface area contributed by atoms with Gasteiger partial charge in [0.25, 0.3) is 0 Å². The minimum atomic E-state index is -0.958. The van der Waals surface area contributed by atoms with E-state index < -0.39 is 23.8 Å². The van der Waals surface area contributed by atoms with Crippen molar-refractivity contribution in [3.05, 3.63) is 12.2 Å². The van der Waals surface area contributed by atoms with E-state index in [1.165, 1.54) is 0 Å². The molecule has 136 valence electrons. The quantitative estimate of drug-likeness (QED) is 0.225. The molecule has 0 heterocycles. The third-order valence-electron chi connectivity index (χ3n) is 2.40. The molecule has 0 bridgehead atoms. The first-order valence-electron chi connectivity index (χ1n) is 7.24. The van der Waals surface area contributed by atoms with Gasteiger partial charge in [0.15, 0.2) is 0 Å². The number of amides is 2. The van der Waals surface area contributed by atoms with Crippen molar-refractivity contribution in [3.63, 3.8) is 0 Å². The predicted molar refractivity (Wildman–Crippen MR) is 81.3 cm³/mol. The van der Waals surface area contributed by atoms with Crippen LogP contribution in [0.1, 0.15) is 12.8 Å². The van der Waals surface area contributed by atoms with E-state index in [0.29, 0.717) is 0 Å². The van der Waals surface area contributed by atoms with Crippen LogP contribution < -0.4 is 10.6 Å². The Bertz CT molecular complexity index is 410. The van der Waals surface area contributed by atoms with Gasteiger partial charge in [0.1, 0.15) is 0 Å². The Hall–Kier alpha value is -2.46. The van der Waals surface area contributed by atoms with Crippen molar-refractivity contribution in [2.75, 3.05) is 39.5 Å². The topological polar surface area (TPSA) is 151 Å². The number of hydrogen-bond acceptors (Lipinski definition) is 6. The molecule has 0 aliphatic carbocycles. The van der Waals surface area contributed by atoms with Crippen molar-refractivity contribution >= 4 is 23.8 Å². The smallest absolute Gasteiger partial charge is 0.305 e. The summed E-state index contributed by atoms with van der Waals surface area (Å²) in [5.74, 6) is -2.88. The van der Waals surface area contributed by atoms with Crippen molar-refractivity contribution in [1.29, 1.82) is 0 Å². The summed E-state index contributed by atoms with van der Waals surface area (Å²) in [5.41, 5.74) is 0. The zero-order valence-electron chi connectivity index (χ0n) is 13.2. The van der Waals surface area contributed by atoms with Gasteiger partial charge < -0.3 is 30.3 Å². The van der Waals surface area contributed by atoms with Gasteiger partial charge in [0.05, 0.1) is 39.3 Å². The fraction of sp³-hybridized carbons (Fsp3) is 0.571. The average molecular weight is 346 g/mol. The van der Waals surface area contributed by atoms with Crippen LogP contribution in [0.5, 0.6) is 0 Å². The van der Waals surface area contributed by atoms with Crippen LogP contribution in [0.3, 0.4) is 0 Å². The van der Waals surface area contributed by atoms with Gasteiger partial charge in [-0.2, -0.15) is 0 Å². The standard InChI is InChI=1S/C14H22N2O8/c17-11(15-5-9-23-7-3-13(19)20)1-2-12(18)16-6-10-24-8-4-14(21)22/h1-2H,3-10H2,(H,15,17)(H,16,18)(H,19,20)(H,21,22)/b2-1-. The first kappa shape index (κ1) is 21.5. The summed E-state index contributed by atoms with van der Waals surface area (Å²) in [6.07, 6.45) is 1.90. The van der Waals surface area contributed by atoms with Crippen LogP contribution in [0, 0.1) is 0 Å². The Kier molecular flexibility index (Phi) is 12.7. The zero-order chi connectivity index (χ0) is 18.2. The second-order valence-electron chi connectivity index (χ2n) is 4.43. The summed E-state index contributed by atoms with van der Waals surface area (Å²) in [5, 5.41) is 21.7. The van der Waals surface area contributed by atoms with Crippen molar-refractivity contribution in [2.45, 2.75) is 12.8 Å². The summed E-state index contributed by atoms with van der Waals surface area (Å²) in [6, 6.07) is 0. The second kappa shape index (κ2) is 14.2. The van der Waals surface area contributed by atoms with Gasteiger partial charge in [0, 0.05) is 25.2 Å². The molecule has 24 heavy (non-hydrogen) atoms. The zero-order valence-corrected chi connectivity index (χ0v) is 13.2. The highest BCUT2D eigenvalue weighted by atomic mass is 16.5. The minimum absolute atomic E-state index is 0.0674. The molecule has 0 fully saturated rings. The van der Waals surface area contributed by atoms with E-state index in [2.05, 4.69) is 10.6 Å². The summed E-state index contributed by atoms with van der Waals surface area (Å²) in [4.78, 5) is 43.1. The van der Waals surface area contributed by atoms with E-state index >= 15 is 0 Å². The number of carbonyl (C=O) groups excluding carboxylic acids is 2.